The quantitative estimate of drug-likeness (QED) is 0.619. The highest BCUT2D eigenvalue weighted by Gasteiger charge is 2.34. The van der Waals surface area contributed by atoms with E-state index in [-0.39, 0.29) is 5.92 Å². The lowest BCUT2D eigenvalue weighted by atomic mass is 9.88. The van der Waals surface area contributed by atoms with Crippen LogP contribution in [-0.2, 0) is 4.79 Å². The molecule has 0 radical (unpaired) electrons. The predicted octanol–water partition coefficient (Wildman–Crippen LogP) is 2.89. The van der Waals surface area contributed by atoms with Crippen LogP contribution < -0.4 is 0 Å². The summed E-state index contributed by atoms with van der Waals surface area (Å²) in [5.74, 6) is 2.44. The lowest BCUT2D eigenvalue weighted by Gasteiger charge is -2.15. The molecule has 0 bridgehead atoms. The number of carbonyl (C=O) groups excluding carboxylic acids is 1. The van der Waals surface area contributed by atoms with E-state index in [4.69, 9.17) is 0 Å². The third-order valence-corrected chi connectivity index (χ3v) is 3.05. The maximum atomic E-state index is 11.7. The minimum absolute atomic E-state index is 0.225. The molecule has 0 amide bonds. The van der Waals surface area contributed by atoms with Crippen molar-refractivity contribution in [2.24, 2.45) is 23.7 Å². The molecule has 1 fully saturated rings. The second-order valence-corrected chi connectivity index (χ2v) is 4.72. The molecule has 12 heavy (non-hydrogen) atoms. The number of Topliss-reactive ketones (excluding diaryl/α,β-unsaturated/α-hetero) is 1. The van der Waals surface area contributed by atoms with Gasteiger partial charge in [0.15, 0.2) is 0 Å². The first kappa shape index (κ1) is 9.76. The lowest BCUT2D eigenvalue weighted by Crippen LogP contribution is -2.21. The van der Waals surface area contributed by atoms with Gasteiger partial charge in [0.2, 0.25) is 0 Å². The Morgan fingerprint density at radius 3 is 2.17 bits per heavy atom. The predicted molar refractivity (Wildman–Crippen MR) is 50.9 cm³/mol. The van der Waals surface area contributed by atoms with Crippen LogP contribution >= 0.6 is 0 Å². The molecule has 0 saturated heterocycles. The van der Waals surface area contributed by atoms with E-state index in [1.165, 1.54) is 6.42 Å². The fourth-order valence-corrected chi connectivity index (χ4v) is 2.39. The van der Waals surface area contributed by atoms with E-state index in [9.17, 15) is 4.79 Å². The molecule has 1 aliphatic rings. The molecule has 0 aromatic carbocycles. The average molecular weight is 168 g/mol. The number of carbonyl (C=O) groups is 1. The Bertz CT molecular complexity index is 172. The summed E-state index contributed by atoms with van der Waals surface area (Å²) in [6, 6.07) is 0. The molecule has 1 nitrogen and oxygen atoms in total. The smallest absolute Gasteiger partial charge is 0.138 e. The normalized spacial score (nSPS) is 35.9. The van der Waals surface area contributed by atoms with Crippen molar-refractivity contribution in [2.45, 2.75) is 40.5 Å². The van der Waals surface area contributed by atoms with Gasteiger partial charge in [-0.05, 0) is 24.7 Å². The van der Waals surface area contributed by atoms with Crippen molar-refractivity contribution in [3.05, 3.63) is 0 Å². The van der Waals surface area contributed by atoms with Crippen molar-refractivity contribution >= 4 is 5.78 Å². The van der Waals surface area contributed by atoms with Gasteiger partial charge in [0.25, 0.3) is 0 Å². The van der Waals surface area contributed by atoms with Crippen LogP contribution in [0.1, 0.15) is 40.5 Å². The second-order valence-electron chi connectivity index (χ2n) is 4.72. The topological polar surface area (TPSA) is 17.1 Å². The van der Waals surface area contributed by atoms with Crippen molar-refractivity contribution < 1.29 is 4.79 Å². The van der Waals surface area contributed by atoms with E-state index in [0.717, 1.165) is 12.3 Å². The summed E-state index contributed by atoms with van der Waals surface area (Å²) >= 11 is 0. The van der Waals surface area contributed by atoms with E-state index in [1.807, 2.05) is 13.8 Å². The second kappa shape index (κ2) is 3.59. The third kappa shape index (κ3) is 1.88. The summed E-state index contributed by atoms with van der Waals surface area (Å²) in [6.07, 6.45) is 2.36. The Kier molecular flexibility index (Phi) is 2.92. The summed E-state index contributed by atoms with van der Waals surface area (Å²) in [4.78, 5) is 11.7. The Morgan fingerprint density at radius 1 is 1.25 bits per heavy atom. The Labute approximate surface area is 75.5 Å². The van der Waals surface area contributed by atoms with Crippen LogP contribution in [-0.4, -0.2) is 5.78 Å². The summed E-state index contributed by atoms with van der Waals surface area (Å²) in [6.45, 7) is 8.49. The van der Waals surface area contributed by atoms with Crippen LogP contribution in [0, 0.1) is 23.7 Å². The van der Waals surface area contributed by atoms with Gasteiger partial charge in [-0.2, -0.15) is 0 Å². The number of hydrogen-bond acceptors (Lipinski definition) is 1. The summed E-state index contributed by atoms with van der Waals surface area (Å²) < 4.78 is 0. The van der Waals surface area contributed by atoms with E-state index in [1.54, 1.807) is 0 Å². The van der Waals surface area contributed by atoms with Gasteiger partial charge >= 0.3 is 0 Å². The zero-order chi connectivity index (χ0) is 9.30. The van der Waals surface area contributed by atoms with Crippen LogP contribution in [0.15, 0.2) is 0 Å². The first-order valence-corrected chi connectivity index (χ1v) is 5.06. The molecule has 1 aliphatic carbocycles. The van der Waals surface area contributed by atoms with Crippen molar-refractivity contribution in [3.8, 4) is 0 Å². The molecule has 1 heteroatoms. The van der Waals surface area contributed by atoms with Crippen molar-refractivity contribution in [3.63, 3.8) is 0 Å². The van der Waals surface area contributed by atoms with Crippen molar-refractivity contribution in [2.75, 3.05) is 0 Å². The molecule has 0 spiro atoms. The van der Waals surface area contributed by atoms with Gasteiger partial charge < -0.3 is 0 Å². The SMILES string of the molecule is CC1CC(C)C(C(=O)C(C)C)C1. The maximum absolute atomic E-state index is 11.7. The number of hydrogen-bond donors (Lipinski definition) is 0. The van der Waals surface area contributed by atoms with Gasteiger partial charge in [0.1, 0.15) is 5.78 Å². The van der Waals surface area contributed by atoms with E-state index in [0.29, 0.717) is 17.6 Å². The van der Waals surface area contributed by atoms with Crippen LogP contribution in [0.5, 0.6) is 0 Å². The molecule has 3 atom stereocenters. The van der Waals surface area contributed by atoms with Gasteiger partial charge in [0, 0.05) is 11.8 Å². The van der Waals surface area contributed by atoms with Crippen LogP contribution in [0.3, 0.4) is 0 Å². The molecule has 1 saturated carbocycles. The summed E-state index contributed by atoms with van der Waals surface area (Å²) in [5, 5.41) is 0. The van der Waals surface area contributed by atoms with Gasteiger partial charge in [-0.1, -0.05) is 27.7 Å². The molecule has 1 rings (SSSR count). The standard InChI is InChI=1S/C11H20O/c1-7(2)11(12)10-6-8(3)5-9(10)4/h7-10H,5-6H2,1-4H3. The summed E-state index contributed by atoms with van der Waals surface area (Å²) in [5.41, 5.74) is 0. The largest absolute Gasteiger partial charge is 0.299 e. The Hall–Kier alpha value is -0.330. The molecule has 0 aromatic rings. The molecule has 3 unspecified atom stereocenters. The molecule has 0 heterocycles. The first-order valence-electron chi connectivity index (χ1n) is 5.06. The molecular weight excluding hydrogens is 148 g/mol. The summed E-state index contributed by atoms with van der Waals surface area (Å²) in [7, 11) is 0. The Morgan fingerprint density at radius 2 is 1.83 bits per heavy atom. The molecule has 0 N–H and O–H groups in total. The highest BCUT2D eigenvalue weighted by Crippen LogP contribution is 2.37. The zero-order valence-corrected chi connectivity index (χ0v) is 8.63. The van der Waals surface area contributed by atoms with Crippen LogP contribution in [0.2, 0.25) is 0 Å². The van der Waals surface area contributed by atoms with E-state index >= 15 is 0 Å². The van der Waals surface area contributed by atoms with E-state index < -0.39 is 0 Å². The number of ketones is 1. The molecule has 0 aliphatic heterocycles. The fraction of sp³-hybridized carbons (Fsp3) is 0.909. The molecular formula is C11H20O. The average Bonchev–Trinajstić information content (AvgIpc) is 2.28. The van der Waals surface area contributed by atoms with Gasteiger partial charge in [-0.3, -0.25) is 4.79 Å². The van der Waals surface area contributed by atoms with Gasteiger partial charge in [-0.15, -0.1) is 0 Å². The highest BCUT2D eigenvalue weighted by atomic mass is 16.1. The maximum Gasteiger partial charge on any atom is 0.138 e. The van der Waals surface area contributed by atoms with E-state index in [2.05, 4.69) is 13.8 Å². The van der Waals surface area contributed by atoms with Gasteiger partial charge in [0.05, 0.1) is 0 Å². The zero-order valence-electron chi connectivity index (χ0n) is 8.63. The highest BCUT2D eigenvalue weighted by molar-refractivity contribution is 5.83. The van der Waals surface area contributed by atoms with Crippen LogP contribution in [0.25, 0.3) is 0 Å². The Balaban J connectivity index is 2.58. The monoisotopic (exact) mass is 168 g/mol. The third-order valence-electron chi connectivity index (χ3n) is 3.05. The lowest BCUT2D eigenvalue weighted by molar-refractivity contribution is -0.126. The minimum atomic E-state index is 0.225. The minimum Gasteiger partial charge on any atom is -0.299 e. The molecule has 0 aromatic heterocycles. The molecule has 70 valence electrons. The fourth-order valence-electron chi connectivity index (χ4n) is 2.39. The number of rotatable bonds is 2. The van der Waals surface area contributed by atoms with Crippen LogP contribution in [0.4, 0.5) is 0 Å². The van der Waals surface area contributed by atoms with Gasteiger partial charge in [-0.25, -0.2) is 0 Å². The van der Waals surface area contributed by atoms with Crippen molar-refractivity contribution in [1.82, 2.24) is 0 Å². The van der Waals surface area contributed by atoms with Crippen molar-refractivity contribution in [1.29, 1.82) is 0 Å². The first-order chi connectivity index (χ1) is 5.52.